The van der Waals surface area contributed by atoms with E-state index in [4.69, 9.17) is 9.94 Å². The normalized spacial score (nSPS) is 32.6. The first-order valence-electron chi connectivity index (χ1n) is 9.79. The zero-order valence-corrected chi connectivity index (χ0v) is 14.9. The summed E-state index contributed by atoms with van der Waals surface area (Å²) in [6.07, 6.45) is 11.6. The molecule has 1 aromatic carbocycles. The topological polar surface area (TPSA) is 58.6 Å². The molecule has 0 aromatic heterocycles. The lowest BCUT2D eigenvalue weighted by Crippen LogP contribution is -2.46. The van der Waals surface area contributed by atoms with E-state index in [1.54, 1.807) is 5.48 Å². The van der Waals surface area contributed by atoms with Gasteiger partial charge >= 0.3 is 0 Å². The van der Waals surface area contributed by atoms with Gasteiger partial charge in [0.25, 0.3) is 0 Å². The average molecular weight is 343 g/mol. The molecule has 0 radical (unpaired) electrons. The predicted octanol–water partition coefficient (Wildman–Crippen LogP) is 4.11. The Morgan fingerprint density at radius 2 is 1.68 bits per heavy atom. The van der Waals surface area contributed by atoms with E-state index in [2.05, 4.69) is 0 Å². The fraction of sp³-hybridized carbons (Fsp3) is 0.667. The quantitative estimate of drug-likeness (QED) is 0.445. The van der Waals surface area contributed by atoms with Crippen LogP contribution in [-0.4, -0.2) is 17.7 Å². The highest BCUT2D eigenvalue weighted by Gasteiger charge is 2.50. The summed E-state index contributed by atoms with van der Waals surface area (Å²) in [4.78, 5) is 11.1. The van der Waals surface area contributed by atoms with Crippen molar-refractivity contribution in [1.29, 1.82) is 0 Å². The van der Waals surface area contributed by atoms with Crippen LogP contribution in [0.2, 0.25) is 0 Å². The fourth-order valence-corrected chi connectivity index (χ4v) is 6.16. The summed E-state index contributed by atoms with van der Waals surface area (Å²) in [5, 5.41) is 8.56. The third-order valence-corrected chi connectivity index (χ3v) is 6.70. The summed E-state index contributed by atoms with van der Waals surface area (Å²) in [6.45, 7) is 0.776. The van der Waals surface area contributed by atoms with E-state index in [0.29, 0.717) is 5.41 Å². The summed E-state index contributed by atoms with van der Waals surface area (Å²) in [5.41, 5.74) is 3.16. The van der Waals surface area contributed by atoms with Crippen LogP contribution in [0.15, 0.2) is 24.3 Å². The third-order valence-electron chi connectivity index (χ3n) is 6.70. The number of rotatable bonds is 7. The number of ether oxygens (including phenoxy) is 1. The molecule has 0 spiro atoms. The van der Waals surface area contributed by atoms with Gasteiger partial charge < -0.3 is 4.74 Å². The van der Waals surface area contributed by atoms with Crippen molar-refractivity contribution in [3.05, 3.63) is 29.8 Å². The van der Waals surface area contributed by atoms with Gasteiger partial charge in [-0.15, -0.1) is 0 Å². The maximum Gasteiger partial charge on any atom is 0.247 e. The number of benzene rings is 1. The molecular formula is C21H29NO3. The Hall–Kier alpha value is -1.55. The molecule has 4 saturated carbocycles. The minimum Gasteiger partial charge on any atom is -0.494 e. The number of carbonyl (C=O) groups is 1. The van der Waals surface area contributed by atoms with E-state index in [9.17, 15) is 4.79 Å². The highest BCUT2D eigenvalue weighted by molar-refractivity contribution is 5.77. The van der Waals surface area contributed by atoms with Crippen LogP contribution < -0.4 is 10.2 Å². The number of hydrogen-bond donors (Lipinski definition) is 2. The van der Waals surface area contributed by atoms with E-state index in [-0.39, 0.29) is 6.42 Å². The molecule has 136 valence electrons. The van der Waals surface area contributed by atoms with E-state index in [1.165, 1.54) is 44.9 Å². The van der Waals surface area contributed by atoms with Gasteiger partial charge in [-0.1, -0.05) is 12.1 Å². The van der Waals surface area contributed by atoms with Crippen molar-refractivity contribution in [3.63, 3.8) is 0 Å². The van der Waals surface area contributed by atoms with E-state index >= 15 is 0 Å². The zero-order valence-electron chi connectivity index (χ0n) is 14.9. The van der Waals surface area contributed by atoms with E-state index in [1.807, 2.05) is 24.3 Å². The molecule has 4 aliphatic carbocycles. The molecule has 5 rings (SSSR count). The molecule has 2 N–H and O–H groups in total. The van der Waals surface area contributed by atoms with Crippen molar-refractivity contribution in [2.24, 2.45) is 23.2 Å². The summed E-state index contributed by atoms with van der Waals surface area (Å²) in [6, 6.07) is 7.57. The standard InChI is InChI=1S/C21H29NO3/c23-20(22-24)11-15-2-4-19(5-3-15)25-7-1-6-21-12-16-8-17(13-21)10-18(9-16)14-21/h2-5,16-18,24H,1,6-14H2,(H,22,23). The van der Waals surface area contributed by atoms with Gasteiger partial charge in [-0.25, -0.2) is 5.48 Å². The molecule has 4 fully saturated rings. The van der Waals surface area contributed by atoms with Gasteiger partial charge in [0.05, 0.1) is 13.0 Å². The Morgan fingerprint density at radius 3 is 2.24 bits per heavy atom. The molecule has 0 heterocycles. The SMILES string of the molecule is O=C(Cc1ccc(OCCCC23CC4CC(CC(C4)C2)C3)cc1)NO. The smallest absolute Gasteiger partial charge is 0.247 e. The fourth-order valence-electron chi connectivity index (χ4n) is 6.16. The molecular weight excluding hydrogens is 314 g/mol. The summed E-state index contributed by atoms with van der Waals surface area (Å²) < 4.78 is 5.91. The van der Waals surface area contributed by atoms with Crippen LogP contribution in [0.1, 0.15) is 56.9 Å². The van der Waals surface area contributed by atoms with Crippen LogP contribution in [0.3, 0.4) is 0 Å². The largest absolute Gasteiger partial charge is 0.494 e. The van der Waals surface area contributed by atoms with E-state index in [0.717, 1.165) is 42.1 Å². The molecule has 0 atom stereocenters. The van der Waals surface area contributed by atoms with Crippen molar-refractivity contribution in [3.8, 4) is 5.75 Å². The second-order valence-corrected chi connectivity index (χ2v) is 8.73. The molecule has 1 aromatic rings. The molecule has 25 heavy (non-hydrogen) atoms. The minimum absolute atomic E-state index is 0.183. The molecule has 0 saturated heterocycles. The second-order valence-electron chi connectivity index (χ2n) is 8.73. The van der Waals surface area contributed by atoms with E-state index < -0.39 is 5.91 Å². The highest BCUT2D eigenvalue weighted by atomic mass is 16.5. The van der Waals surface area contributed by atoms with Crippen molar-refractivity contribution in [2.45, 2.75) is 57.8 Å². The highest BCUT2D eigenvalue weighted by Crippen LogP contribution is 2.61. The Kier molecular flexibility index (Phi) is 4.72. The Labute approximate surface area is 149 Å². The summed E-state index contributed by atoms with van der Waals surface area (Å²) in [7, 11) is 0. The van der Waals surface area contributed by atoms with Gasteiger partial charge in [-0.3, -0.25) is 10.0 Å². The van der Waals surface area contributed by atoms with Crippen LogP contribution in [0, 0.1) is 23.2 Å². The summed E-state index contributed by atoms with van der Waals surface area (Å²) >= 11 is 0. The Bertz CT molecular complexity index is 575. The van der Waals surface area contributed by atoms with Crippen LogP contribution >= 0.6 is 0 Å². The molecule has 4 nitrogen and oxygen atoms in total. The van der Waals surface area contributed by atoms with Gasteiger partial charge in [0.2, 0.25) is 5.91 Å². The number of hydroxylamine groups is 1. The van der Waals surface area contributed by atoms with Gasteiger partial charge in [0.1, 0.15) is 5.75 Å². The third kappa shape index (κ3) is 3.84. The first kappa shape index (κ1) is 16.9. The van der Waals surface area contributed by atoms with Crippen molar-refractivity contribution < 1.29 is 14.7 Å². The van der Waals surface area contributed by atoms with Crippen molar-refractivity contribution in [1.82, 2.24) is 5.48 Å². The lowest BCUT2D eigenvalue weighted by molar-refractivity contribution is -0.128. The van der Waals surface area contributed by atoms with Crippen LogP contribution in [-0.2, 0) is 11.2 Å². The lowest BCUT2D eigenvalue weighted by atomic mass is 9.48. The van der Waals surface area contributed by atoms with Crippen LogP contribution in [0.5, 0.6) is 5.75 Å². The lowest BCUT2D eigenvalue weighted by Gasteiger charge is -2.57. The maximum atomic E-state index is 11.1. The van der Waals surface area contributed by atoms with Gasteiger partial charge in [0, 0.05) is 0 Å². The van der Waals surface area contributed by atoms with Crippen molar-refractivity contribution in [2.75, 3.05) is 6.61 Å². The molecule has 4 aliphatic rings. The molecule has 4 heteroatoms. The maximum absolute atomic E-state index is 11.1. The molecule has 0 aliphatic heterocycles. The van der Waals surface area contributed by atoms with Gasteiger partial charge in [-0.05, 0) is 92.2 Å². The summed E-state index contributed by atoms with van der Waals surface area (Å²) in [5.74, 6) is 3.53. The van der Waals surface area contributed by atoms with Crippen LogP contribution in [0.25, 0.3) is 0 Å². The number of amides is 1. The molecule has 0 unspecified atom stereocenters. The van der Waals surface area contributed by atoms with Crippen LogP contribution in [0.4, 0.5) is 0 Å². The number of carbonyl (C=O) groups excluding carboxylic acids is 1. The first-order valence-corrected chi connectivity index (χ1v) is 9.79. The average Bonchev–Trinajstić information content (AvgIpc) is 2.59. The first-order chi connectivity index (χ1) is 12.1. The zero-order chi connectivity index (χ0) is 17.3. The minimum atomic E-state index is -0.399. The Balaban J connectivity index is 1.23. The molecule has 4 bridgehead atoms. The van der Waals surface area contributed by atoms with Gasteiger partial charge in [-0.2, -0.15) is 0 Å². The number of hydrogen-bond acceptors (Lipinski definition) is 3. The monoisotopic (exact) mass is 343 g/mol. The molecule has 1 amide bonds. The van der Waals surface area contributed by atoms with Gasteiger partial charge in [0.15, 0.2) is 0 Å². The Morgan fingerprint density at radius 1 is 1.08 bits per heavy atom. The number of nitrogens with one attached hydrogen (secondary N) is 1. The second kappa shape index (κ2) is 6.99. The van der Waals surface area contributed by atoms with Crippen molar-refractivity contribution >= 4 is 5.91 Å². The predicted molar refractivity (Wildman–Crippen MR) is 95.4 cm³/mol.